The van der Waals surface area contributed by atoms with Gasteiger partial charge in [0.05, 0.1) is 0 Å². The number of carboxylic acid groups (broad SMARTS) is 1. The number of hydrogen-bond acceptors (Lipinski definition) is 2. The minimum Gasteiger partial charge on any atom is -0.478 e. The number of carboxylic acids is 1. The lowest BCUT2D eigenvalue weighted by Crippen LogP contribution is -2.08. The van der Waals surface area contributed by atoms with Gasteiger partial charge < -0.3 is 5.11 Å². The van der Waals surface area contributed by atoms with Crippen molar-refractivity contribution in [2.75, 3.05) is 0 Å². The molecule has 0 bridgehead atoms. The molecule has 0 atom stereocenters. The van der Waals surface area contributed by atoms with E-state index in [0.717, 1.165) is 6.07 Å². The summed E-state index contributed by atoms with van der Waals surface area (Å²) in [5, 5.41) is 8.51. The monoisotopic (exact) mass is 205 g/mol. The fraction of sp³-hybridized carbons (Fsp3) is 0.250. The fourth-order valence-electron chi connectivity index (χ4n) is 1.03. The first-order valence-electron chi connectivity index (χ1n) is 3.62. The molecule has 1 aromatic heterocycles. The Morgan fingerprint density at radius 1 is 1.57 bits per heavy atom. The highest BCUT2D eigenvalue weighted by atomic mass is 19.3. The topological polar surface area (TPSA) is 50.2 Å². The molecule has 76 valence electrons. The lowest BCUT2D eigenvalue weighted by molar-refractivity contribution is 0.0688. The summed E-state index contributed by atoms with van der Waals surface area (Å²) in [6.07, 6.45) is -2.91. The van der Waals surface area contributed by atoms with Gasteiger partial charge in [-0.1, -0.05) is 0 Å². The highest BCUT2D eigenvalue weighted by Crippen LogP contribution is 2.20. The van der Waals surface area contributed by atoms with Crippen LogP contribution in [0.5, 0.6) is 0 Å². The van der Waals surface area contributed by atoms with E-state index in [1.165, 1.54) is 6.92 Å². The van der Waals surface area contributed by atoms with Crippen LogP contribution in [0.15, 0.2) is 6.07 Å². The number of aromatic carboxylic acids is 1. The molecule has 1 N–H and O–H groups in total. The van der Waals surface area contributed by atoms with Gasteiger partial charge >= 0.3 is 5.97 Å². The number of pyridine rings is 1. The summed E-state index contributed by atoms with van der Waals surface area (Å²) in [5.74, 6) is -2.90. The van der Waals surface area contributed by atoms with E-state index >= 15 is 0 Å². The maximum Gasteiger partial charge on any atom is 0.340 e. The zero-order valence-corrected chi connectivity index (χ0v) is 7.09. The lowest BCUT2D eigenvalue weighted by Gasteiger charge is -2.04. The lowest BCUT2D eigenvalue weighted by atomic mass is 10.1. The molecule has 14 heavy (non-hydrogen) atoms. The van der Waals surface area contributed by atoms with Crippen LogP contribution < -0.4 is 0 Å². The molecule has 0 aliphatic rings. The van der Waals surface area contributed by atoms with Crippen molar-refractivity contribution in [1.29, 1.82) is 0 Å². The van der Waals surface area contributed by atoms with Gasteiger partial charge in [-0.3, -0.25) is 0 Å². The van der Waals surface area contributed by atoms with E-state index in [1.807, 2.05) is 0 Å². The molecule has 0 spiro atoms. The summed E-state index contributed by atoms with van der Waals surface area (Å²) in [5.41, 5.74) is -1.50. The first-order chi connectivity index (χ1) is 6.43. The van der Waals surface area contributed by atoms with Gasteiger partial charge in [0.25, 0.3) is 6.43 Å². The van der Waals surface area contributed by atoms with Crippen LogP contribution in [0.2, 0.25) is 0 Å². The highest BCUT2D eigenvalue weighted by Gasteiger charge is 2.19. The second kappa shape index (κ2) is 3.65. The van der Waals surface area contributed by atoms with E-state index in [0.29, 0.717) is 0 Å². The third kappa shape index (κ3) is 1.84. The Kier molecular flexibility index (Phi) is 2.73. The Balaban J connectivity index is 3.32. The van der Waals surface area contributed by atoms with Gasteiger partial charge in [0, 0.05) is 0 Å². The number of carbonyl (C=O) groups is 1. The minimum atomic E-state index is -2.91. The van der Waals surface area contributed by atoms with Crippen LogP contribution in [0.3, 0.4) is 0 Å². The maximum absolute atomic E-state index is 12.9. The molecule has 3 nitrogen and oxygen atoms in total. The number of alkyl halides is 2. The van der Waals surface area contributed by atoms with Crippen molar-refractivity contribution in [3.05, 3.63) is 28.8 Å². The predicted molar refractivity (Wildman–Crippen MR) is 40.8 cm³/mol. The summed E-state index contributed by atoms with van der Waals surface area (Å²) in [7, 11) is 0. The van der Waals surface area contributed by atoms with E-state index in [2.05, 4.69) is 4.98 Å². The molecule has 0 aliphatic carbocycles. The number of aromatic nitrogens is 1. The molecular weight excluding hydrogens is 199 g/mol. The van der Waals surface area contributed by atoms with Gasteiger partial charge in [-0.15, -0.1) is 0 Å². The van der Waals surface area contributed by atoms with Crippen molar-refractivity contribution < 1.29 is 23.1 Å². The SMILES string of the molecule is Cc1cc(C(F)F)nc(F)c1C(=O)O. The molecule has 0 saturated carbocycles. The van der Waals surface area contributed by atoms with Crippen molar-refractivity contribution in [2.45, 2.75) is 13.3 Å². The average Bonchev–Trinajstić information content (AvgIpc) is 2.01. The summed E-state index contributed by atoms with van der Waals surface area (Å²) in [6, 6.07) is 0.858. The van der Waals surface area contributed by atoms with E-state index in [9.17, 15) is 18.0 Å². The van der Waals surface area contributed by atoms with Crippen molar-refractivity contribution in [1.82, 2.24) is 4.98 Å². The Bertz CT molecular complexity index is 356. The summed E-state index contributed by atoms with van der Waals surface area (Å²) in [4.78, 5) is 13.3. The maximum atomic E-state index is 12.9. The van der Waals surface area contributed by atoms with Crippen LogP contribution in [-0.2, 0) is 0 Å². The van der Waals surface area contributed by atoms with E-state index in [4.69, 9.17) is 5.11 Å². The third-order valence-corrected chi connectivity index (χ3v) is 1.63. The molecule has 6 heteroatoms. The second-order valence-electron chi connectivity index (χ2n) is 2.64. The molecule has 0 aromatic carbocycles. The number of rotatable bonds is 2. The Morgan fingerprint density at radius 3 is 2.50 bits per heavy atom. The molecule has 1 aromatic rings. The van der Waals surface area contributed by atoms with Crippen molar-refractivity contribution in [3.63, 3.8) is 0 Å². The smallest absolute Gasteiger partial charge is 0.340 e. The zero-order chi connectivity index (χ0) is 10.9. The van der Waals surface area contributed by atoms with Gasteiger partial charge in [-0.2, -0.15) is 4.39 Å². The first kappa shape index (κ1) is 10.5. The summed E-state index contributed by atoms with van der Waals surface area (Å²) in [6.45, 7) is 1.24. The minimum absolute atomic E-state index is 0.0692. The molecule has 0 unspecified atom stereocenters. The van der Waals surface area contributed by atoms with Crippen LogP contribution in [0.1, 0.15) is 28.0 Å². The third-order valence-electron chi connectivity index (χ3n) is 1.63. The number of nitrogens with zero attached hydrogens (tertiary/aromatic N) is 1. The Hall–Kier alpha value is -1.59. The largest absolute Gasteiger partial charge is 0.478 e. The van der Waals surface area contributed by atoms with Crippen molar-refractivity contribution in [2.24, 2.45) is 0 Å². The molecule has 0 radical (unpaired) electrons. The molecule has 1 rings (SSSR count). The normalized spacial score (nSPS) is 10.6. The van der Waals surface area contributed by atoms with Crippen LogP contribution in [0.4, 0.5) is 13.2 Å². The Morgan fingerprint density at radius 2 is 2.14 bits per heavy atom. The predicted octanol–water partition coefficient (Wildman–Crippen LogP) is 2.16. The van der Waals surface area contributed by atoms with Crippen molar-refractivity contribution >= 4 is 5.97 Å². The second-order valence-corrected chi connectivity index (χ2v) is 2.64. The first-order valence-corrected chi connectivity index (χ1v) is 3.62. The number of aryl methyl sites for hydroxylation is 1. The molecule has 0 saturated heterocycles. The fourth-order valence-corrected chi connectivity index (χ4v) is 1.03. The summed E-state index contributed by atoms with van der Waals surface area (Å²) >= 11 is 0. The quantitative estimate of drug-likeness (QED) is 0.752. The standard InChI is InChI=1S/C8H6F3NO2/c1-3-2-4(6(9)10)12-7(11)5(3)8(13)14/h2,6H,1H3,(H,13,14). The van der Waals surface area contributed by atoms with E-state index in [-0.39, 0.29) is 5.56 Å². The van der Waals surface area contributed by atoms with Crippen LogP contribution >= 0.6 is 0 Å². The van der Waals surface area contributed by atoms with Crippen LogP contribution in [-0.4, -0.2) is 16.1 Å². The molecule has 1 heterocycles. The number of halogens is 3. The molecule has 0 fully saturated rings. The van der Waals surface area contributed by atoms with Gasteiger partial charge in [-0.05, 0) is 18.6 Å². The number of hydrogen-bond donors (Lipinski definition) is 1. The van der Waals surface area contributed by atoms with E-state index < -0.39 is 29.6 Å². The molecule has 0 amide bonds. The van der Waals surface area contributed by atoms with Crippen molar-refractivity contribution in [3.8, 4) is 0 Å². The van der Waals surface area contributed by atoms with Gasteiger partial charge in [0.1, 0.15) is 11.3 Å². The molecule has 0 aliphatic heterocycles. The zero-order valence-electron chi connectivity index (χ0n) is 7.09. The van der Waals surface area contributed by atoms with Crippen LogP contribution in [0, 0.1) is 12.9 Å². The van der Waals surface area contributed by atoms with Gasteiger partial charge in [0.15, 0.2) is 0 Å². The average molecular weight is 205 g/mol. The molecular formula is C8H6F3NO2. The van der Waals surface area contributed by atoms with Gasteiger partial charge in [-0.25, -0.2) is 18.6 Å². The van der Waals surface area contributed by atoms with Gasteiger partial charge in [0.2, 0.25) is 5.95 Å². The van der Waals surface area contributed by atoms with E-state index in [1.54, 1.807) is 0 Å². The summed E-state index contributed by atoms with van der Waals surface area (Å²) < 4.78 is 37.1. The highest BCUT2D eigenvalue weighted by molar-refractivity contribution is 5.89. The van der Waals surface area contributed by atoms with Crippen LogP contribution in [0.25, 0.3) is 0 Å². The Labute approximate surface area is 77.2 Å².